The van der Waals surface area contributed by atoms with Gasteiger partial charge >= 0.3 is 0 Å². The fraction of sp³-hybridized carbons (Fsp3) is 0.533. The van der Waals surface area contributed by atoms with Crippen LogP contribution in [0.2, 0.25) is 0 Å². The molecule has 0 radical (unpaired) electrons. The summed E-state index contributed by atoms with van der Waals surface area (Å²) in [6, 6.07) is 12.3. The quantitative estimate of drug-likeness (QED) is 0.838. The molecule has 0 heterocycles. The molecule has 0 bridgehead atoms. The van der Waals surface area contributed by atoms with Crippen LogP contribution in [-0.4, -0.2) is 9.46 Å². The minimum atomic E-state index is -0.931. The smallest absolute Gasteiger partial charge is 0.0668 e. The molecule has 1 fully saturated rings. The third-order valence-corrected chi connectivity index (χ3v) is 5.52. The van der Waals surface area contributed by atoms with Crippen LogP contribution >= 0.6 is 0 Å². The van der Waals surface area contributed by atoms with E-state index in [-0.39, 0.29) is 11.2 Å². The highest BCUT2D eigenvalue weighted by atomic mass is 32.2. The highest BCUT2D eigenvalue weighted by Crippen LogP contribution is 2.32. The second-order valence-corrected chi connectivity index (χ2v) is 6.86. The molecule has 0 aliphatic heterocycles. The molecule has 1 aliphatic rings. The van der Waals surface area contributed by atoms with Crippen molar-refractivity contribution in [2.75, 3.05) is 0 Å². The standard InChI is InChI=1S/C15H19NOS/c1-12-7-8-14(10-16)15(9-12)18(17)11-13-5-3-2-4-6-13/h2-6,12,14-15H,7-9,11H2,1H3. The lowest BCUT2D eigenvalue weighted by atomic mass is 9.83. The first-order valence-electron chi connectivity index (χ1n) is 6.51. The Balaban J connectivity index is 2.05. The molecule has 0 N–H and O–H groups in total. The molecule has 2 nitrogen and oxygen atoms in total. The maximum Gasteiger partial charge on any atom is 0.0668 e. The van der Waals surface area contributed by atoms with Crippen LogP contribution in [0.1, 0.15) is 31.7 Å². The van der Waals surface area contributed by atoms with E-state index in [0.717, 1.165) is 24.8 Å². The molecular formula is C15H19NOS. The molecule has 4 unspecified atom stereocenters. The van der Waals surface area contributed by atoms with E-state index in [1.54, 1.807) is 0 Å². The van der Waals surface area contributed by atoms with Gasteiger partial charge in [-0.05, 0) is 30.7 Å². The Morgan fingerprint density at radius 1 is 1.33 bits per heavy atom. The average Bonchev–Trinajstić information content (AvgIpc) is 2.40. The van der Waals surface area contributed by atoms with Gasteiger partial charge in [-0.25, -0.2) is 0 Å². The van der Waals surface area contributed by atoms with Crippen LogP contribution in [0.15, 0.2) is 30.3 Å². The van der Waals surface area contributed by atoms with Crippen molar-refractivity contribution in [1.29, 1.82) is 5.26 Å². The average molecular weight is 261 g/mol. The molecule has 1 aromatic rings. The van der Waals surface area contributed by atoms with Crippen molar-refractivity contribution in [1.82, 2.24) is 0 Å². The van der Waals surface area contributed by atoms with E-state index in [1.807, 2.05) is 30.3 Å². The summed E-state index contributed by atoms with van der Waals surface area (Å²) in [4.78, 5) is 0. The van der Waals surface area contributed by atoms with Gasteiger partial charge in [0.15, 0.2) is 0 Å². The largest absolute Gasteiger partial charge is 0.259 e. The Morgan fingerprint density at radius 3 is 2.72 bits per heavy atom. The summed E-state index contributed by atoms with van der Waals surface area (Å²) in [5.74, 6) is 1.15. The fourth-order valence-electron chi connectivity index (χ4n) is 2.61. The third-order valence-electron chi connectivity index (χ3n) is 3.71. The van der Waals surface area contributed by atoms with Crippen molar-refractivity contribution in [2.45, 2.75) is 37.2 Å². The van der Waals surface area contributed by atoms with Gasteiger partial charge in [-0.3, -0.25) is 4.21 Å². The number of nitriles is 1. The molecule has 0 amide bonds. The molecule has 3 heteroatoms. The van der Waals surface area contributed by atoms with Gasteiger partial charge < -0.3 is 0 Å². The van der Waals surface area contributed by atoms with Crippen LogP contribution in [0.25, 0.3) is 0 Å². The predicted octanol–water partition coefficient (Wildman–Crippen LogP) is 3.26. The van der Waals surface area contributed by atoms with E-state index in [9.17, 15) is 9.47 Å². The molecule has 4 atom stereocenters. The molecule has 1 aromatic carbocycles. The van der Waals surface area contributed by atoms with Crippen LogP contribution in [0.5, 0.6) is 0 Å². The Hall–Kier alpha value is -1.14. The van der Waals surface area contributed by atoms with E-state index in [4.69, 9.17) is 0 Å². The van der Waals surface area contributed by atoms with Gasteiger partial charge in [0.1, 0.15) is 0 Å². The van der Waals surface area contributed by atoms with Crippen LogP contribution in [0.4, 0.5) is 0 Å². The lowest BCUT2D eigenvalue weighted by Crippen LogP contribution is -2.32. The Bertz CT molecular complexity index is 451. The number of rotatable bonds is 3. The zero-order valence-electron chi connectivity index (χ0n) is 10.7. The molecule has 2 rings (SSSR count). The minimum Gasteiger partial charge on any atom is -0.259 e. The molecule has 0 spiro atoms. The van der Waals surface area contributed by atoms with Crippen LogP contribution < -0.4 is 0 Å². The second-order valence-electron chi connectivity index (χ2n) is 5.20. The molecule has 0 saturated heterocycles. The Labute approximate surface area is 111 Å². The fourth-order valence-corrected chi connectivity index (χ4v) is 4.45. The minimum absolute atomic E-state index is 0.0225. The SMILES string of the molecule is CC1CCC(C#N)C(S(=O)Cc2ccccc2)C1. The maximum atomic E-state index is 12.4. The zero-order valence-corrected chi connectivity index (χ0v) is 11.5. The Morgan fingerprint density at radius 2 is 2.06 bits per heavy atom. The van der Waals surface area contributed by atoms with Gasteiger partial charge in [0.25, 0.3) is 0 Å². The monoisotopic (exact) mass is 261 g/mol. The maximum absolute atomic E-state index is 12.4. The normalized spacial score (nSPS) is 29.4. The van der Waals surface area contributed by atoms with Crippen molar-refractivity contribution in [3.05, 3.63) is 35.9 Å². The number of nitrogens with zero attached hydrogens (tertiary/aromatic N) is 1. The lowest BCUT2D eigenvalue weighted by molar-refractivity contribution is 0.341. The summed E-state index contributed by atoms with van der Waals surface area (Å²) in [5, 5.41) is 9.23. The van der Waals surface area contributed by atoms with Crippen molar-refractivity contribution in [3.8, 4) is 6.07 Å². The molecule has 0 aromatic heterocycles. The van der Waals surface area contributed by atoms with Gasteiger partial charge in [-0.1, -0.05) is 37.3 Å². The van der Waals surface area contributed by atoms with Gasteiger partial charge in [-0.15, -0.1) is 0 Å². The van der Waals surface area contributed by atoms with E-state index >= 15 is 0 Å². The van der Waals surface area contributed by atoms with Gasteiger partial charge in [0.2, 0.25) is 0 Å². The lowest BCUT2D eigenvalue weighted by Gasteiger charge is -2.30. The van der Waals surface area contributed by atoms with Gasteiger partial charge in [0, 0.05) is 16.6 Å². The van der Waals surface area contributed by atoms with Crippen molar-refractivity contribution in [2.24, 2.45) is 11.8 Å². The van der Waals surface area contributed by atoms with Crippen LogP contribution in [0.3, 0.4) is 0 Å². The summed E-state index contributed by atoms with van der Waals surface area (Å²) in [6.45, 7) is 2.19. The topological polar surface area (TPSA) is 40.9 Å². The van der Waals surface area contributed by atoms with E-state index in [2.05, 4.69) is 13.0 Å². The highest BCUT2D eigenvalue weighted by molar-refractivity contribution is 7.84. The molecule has 96 valence electrons. The summed E-state index contributed by atoms with van der Waals surface area (Å²) in [6.07, 6.45) is 2.93. The molecule has 18 heavy (non-hydrogen) atoms. The third kappa shape index (κ3) is 3.20. The Kier molecular flexibility index (Phi) is 4.54. The number of hydrogen-bond acceptors (Lipinski definition) is 2. The van der Waals surface area contributed by atoms with E-state index < -0.39 is 10.8 Å². The summed E-state index contributed by atoms with van der Waals surface area (Å²) in [7, 11) is -0.931. The highest BCUT2D eigenvalue weighted by Gasteiger charge is 2.32. The first-order valence-corrected chi connectivity index (χ1v) is 7.89. The van der Waals surface area contributed by atoms with Gasteiger partial charge in [0.05, 0.1) is 17.2 Å². The number of hydrogen-bond donors (Lipinski definition) is 0. The second kappa shape index (κ2) is 6.15. The molecule has 1 saturated carbocycles. The van der Waals surface area contributed by atoms with Crippen molar-refractivity contribution < 1.29 is 4.21 Å². The van der Waals surface area contributed by atoms with Crippen LogP contribution in [0, 0.1) is 23.2 Å². The van der Waals surface area contributed by atoms with Crippen LogP contribution in [-0.2, 0) is 16.6 Å². The summed E-state index contributed by atoms with van der Waals surface area (Å²) >= 11 is 0. The first-order chi connectivity index (χ1) is 8.70. The first kappa shape index (κ1) is 13.3. The zero-order chi connectivity index (χ0) is 13.0. The predicted molar refractivity (Wildman–Crippen MR) is 74.2 cm³/mol. The van der Waals surface area contributed by atoms with Crippen molar-refractivity contribution >= 4 is 10.8 Å². The summed E-state index contributed by atoms with van der Waals surface area (Å²) in [5.41, 5.74) is 1.10. The molecular weight excluding hydrogens is 242 g/mol. The summed E-state index contributed by atoms with van der Waals surface area (Å²) < 4.78 is 12.4. The molecule has 1 aliphatic carbocycles. The van der Waals surface area contributed by atoms with E-state index in [1.165, 1.54) is 0 Å². The number of benzene rings is 1. The van der Waals surface area contributed by atoms with Gasteiger partial charge in [-0.2, -0.15) is 5.26 Å². The van der Waals surface area contributed by atoms with E-state index in [0.29, 0.717) is 11.7 Å². The van der Waals surface area contributed by atoms with Crippen molar-refractivity contribution in [3.63, 3.8) is 0 Å².